The molecule has 0 bridgehead atoms. The number of alkyl halides is 1. The van der Waals surface area contributed by atoms with E-state index in [0.717, 1.165) is 25.5 Å². The SMILES string of the molecule is FC1CCCNC1.[CH-]=C(C=[N-])Nc1ncc(-c2cc(C)c(F)cc2F)n2ccnc12.[Na+]. The van der Waals surface area contributed by atoms with Gasteiger partial charge in [0.15, 0.2) is 11.5 Å². The van der Waals surface area contributed by atoms with Crippen LogP contribution in [0.5, 0.6) is 0 Å². The van der Waals surface area contributed by atoms with E-state index in [1.165, 1.54) is 18.5 Å². The van der Waals surface area contributed by atoms with Crippen LogP contribution in [0.25, 0.3) is 22.3 Å². The molecule has 3 heterocycles. The number of aromatic nitrogens is 3. The summed E-state index contributed by atoms with van der Waals surface area (Å²) in [5, 5.41) is 14.5. The number of benzene rings is 1. The number of anilines is 1. The summed E-state index contributed by atoms with van der Waals surface area (Å²) in [6.45, 7) is 8.62. The number of fused-ring (bicyclic) bond motifs is 1. The third-order valence-corrected chi connectivity index (χ3v) is 4.59. The van der Waals surface area contributed by atoms with Crippen molar-refractivity contribution in [2.75, 3.05) is 18.4 Å². The number of nitrogens with one attached hydrogen (secondary N) is 2. The minimum absolute atomic E-state index is 0. The first-order valence-corrected chi connectivity index (χ1v) is 9.40. The van der Waals surface area contributed by atoms with Crippen LogP contribution in [0.4, 0.5) is 19.0 Å². The molecule has 2 aromatic heterocycles. The van der Waals surface area contributed by atoms with Crippen LogP contribution < -0.4 is 40.2 Å². The van der Waals surface area contributed by atoms with Gasteiger partial charge in [0.05, 0.1) is 11.9 Å². The Balaban J connectivity index is 0.000000364. The molecule has 0 saturated carbocycles. The Hall–Kier alpha value is -2.20. The van der Waals surface area contributed by atoms with Gasteiger partial charge in [0.25, 0.3) is 0 Å². The fraction of sp³-hybridized carbons (Fsp3) is 0.286. The molecule has 1 aromatic carbocycles. The Morgan fingerprint density at radius 2 is 2.10 bits per heavy atom. The molecule has 4 rings (SSSR count). The van der Waals surface area contributed by atoms with Crippen LogP contribution in [-0.4, -0.2) is 39.8 Å². The molecule has 1 aliphatic rings. The summed E-state index contributed by atoms with van der Waals surface area (Å²) in [5.74, 6) is -1.01. The van der Waals surface area contributed by atoms with Crippen molar-refractivity contribution in [1.29, 1.82) is 0 Å². The van der Waals surface area contributed by atoms with Crippen LogP contribution in [0.15, 0.2) is 36.4 Å². The van der Waals surface area contributed by atoms with Crippen molar-refractivity contribution in [3.05, 3.63) is 65.6 Å². The molecule has 3 aromatic rings. The molecule has 0 amide bonds. The summed E-state index contributed by atoms with van der Waals surface area (Å²) >= 11 is 0. The van der Waals surface area contributed by atoms with E-state index in [1.54, 1.807) is 17.5 Å². The molecule has 2 N–H and O–H groups in total. The number of nitrogens with zero attached hydrogens (tertiary/aromatic N) is 4. The minimum Gasteiger partial charge on any atom is -0.909 e. The van der Waals surface area contributed by atoms with Gasteiger partial charge in [-0.1, -0.05) is 0 Å². The van der Waals surface area contributed by atoms with Crippen LogP contribution in [0.2, 0.25) is 0 Å². The van der Waals surface area contributed by atoms with E-state index in [0.29, 0.717) is 35.5 Å². The van der Waals surface area contributed by atoms with E-state index >= 15 is 0 Å². The van der Waals surface area contributed by atoms with Gasteiger partial charge in [-0.15, -0.1) is 0 Å². The van der Waals surface area contributed by atoms with E-state index in [2.05, 4.69) is 20.6 Å². The molecule has 1 saturated heterocycles. The van der Waals surface area contributed by atoms with Gasteiger partial charge in [-0.3, -0.25) is 11.0 Å². The third kappa shape index (κ3) is 6.16. The molecule has 0 aliphatic carbocycles. The number of allylic oxidation sites excluding steroid dienone is 1. The Labute approximate surface area is 200 Å². The molecule has 1 aliphatic heterocycles. The fourth-order valence-corrected chi connectivity index (χ4v) is 3.04. The summed E-state index contributed by atoms with van der Waals surface area (Å²) in [5.41, 5.74) is 1.31. The standard InChI is InChI=1S/C16H11F2N5.C5H10FN.Na/c1-9-5-11(13(18)6-12(9)17)14-8-21-15(22-10(2)7-19)16-20-3-4-23(14)16;6-5-2-1-3-7-4-5;/h2-8H,1H3,(H,21,22);5,7H,1-4H2;/q-2;;+1. The van der Waals surface area contributed by atoms with Gasteiger partial charge in [-0.05, 0) is 37.9 Å². The zero-order valence-electron chi connectivity index (χ0n) is 17.4. The molecule has 158 valence electrons. The molecule has 10 heteroatoms. The Kier molecular flexibility index (Phi) is 9.24. The van der Waals surface area contributed by atoms with Crippen molar-refractivity contribution in [3.63, 3.8) is 0 Å². The maximum absolute atomic E-state index is 14.1. The van der Waals surface area contributed by atoms with E-state index in [1.807, 2.05) is 0 Å². The summed E-state index contributed by atoms with van der Waals surface area (Å²) in [4.78, 5) is 8.29. The Morgan fingerprint density at radius 3 is 2.71 bits per heavy atom. The average molecular weight is 437 g/mol. The average Bonchev–Trinajstić information content (AvgIpc) is 3.23. The molecular weight excluding hydrogens is 416 g/mol. The van der Waals surface area contributed by atoms with Gasteiger partial charge in [-0.2, -0.15) is 5.70 Å². The topological polar surface area (TPSA) is 76.5 Å². The van der Waals surface area contributed by atoms with Crippen molar-refractivity contribution in [3.8, 4) is 11.3 Å². The Bertz CT molecular complexity index is 1060. The summed E-state index contributed by atoms with van der Waals surface area (Å²) in [6, 6.07) is 2.25. The largest absolute Gasteiger partial charge is 1.00 e. The van der Waals surface area contributed by atoms with Crippen LogP contribution in [0, 0.1) is 25.1 Å². The minimum atomic E-state index is -0.694. The van der Waals surface area contributed by atoms with Crippen LogP contribution in [0.3, 0.4) is 0 Å². The second-order valence-electron chi connectivity index (χ2n) is 6.85. The maximum Gasteiger partial charge on any atom is 1.00 e. The molecule has 31 heavy (non-hydrogen) atoms. The first-order valence-electron chi connectivity index (χ1n) is 9.40. The third-order valence-electron chi connectivity index (χ3n) is 4.59. The summed E-state index contributed by atoms with van der Waals surface area (Å²) < 4.78 is 41.3. The van der Waals surface area contributed by atoms with Crippen molar-refractivity contribution in [1.82, 2.24) is 19.7 Å². The van der Waals surface area contributed by atoms with Gasteiger partial charge in [0.1, 0.15) is 17.8 Å². The molecule has 1 unspecified atom stereocenters. The van der Waals surface area contributed by atoms with E-state index in [4.69, 9.17) is 12.0 Å². The van der Waals surface area contributed by atoms with Crippen molar-refractivity contribution < 1.29 is 42.7 Å². The predicted molar refractivity (Wildman–Crippen MR) is 111 cm³/mol. The Morgan fingerprint density at radius 1 is 1.32 bits per heavy atom. The van der Waals surface area contributed by atoms with Crippen LogP contribution in [-0.2, 0) is 0 Å². The summed E-state index contributed by atoms with van der Waals surface area (Å²) in [7, 11) is 0. The molecule has 1 atom stereocenters. The van der Waals surface area contributed by atoms with Gasteiger partial charge < -0.3 is 22.3 Å². The van der Waals surface area contributed by atoms with Crippen molar-refractivity contribution in [2.24, 2.45) is 0 Å². The van der Waals surface area contributed by atoms with Crippen molar-refractivity contribution in [2.45, 2.75) is 25.9 Å². The number of rotatable bonds is 4. The predicted octanol–water partition coefficient (Wildman–Crippen LogP) is 1.06. The fourth-order valence-electron chi connectivity index (χ4n) is 3.04. The number of aryl methyl sites for hydroxylation is 1. The number of piperidine rings is 1. The number of halogens is 3. The zero-order valence-corrected chi connectivity index (χ0v) is 19.4. The smallest absolute Gasteiger partial charge is 0.909 e. The van der Waals surface area contributed by atoms with Gasteiger partial charge >= 0.3 is 29.6 Å². The van der Waals surface area contributed by atoms with E-state index in [9.17, 15) is 13.2 Å². The van der Waals surface area contributed by atoms with Gasteiger partial charge in [0.2, 0.25) is 0 Å². The number of hydrogen-bond donors (Lipinski definition) is 2. The molecule has 1 fully saturated rings. The normalized spacial score (nSPS) is 15.4. The monoisotopic (exact) mass is 437 g/mol. The van der Waals surface area contributed by atoms with Crippen molar-refractivity contribution >= 4 is 17.7 Å². The second kappa shape index (κ2) is 11.4. The molecule has 0 spiro atoms. The van der Waals surface area contributed by atoms with Gasteiger partial charge in [-0.25, -0.2) is 23.1 Å². The zero-order chi connectivity index (χ0) is 21.7. The van der Waals surface area contributed by atoms with Crippen LogP contribution in [0.1, 0.15) is 18.4 Å². The van der Waals surface area contributed by atoms with Crippen LogP contribution >= 0.6 is 0 Å². The first kappa shape index (κ1) is 25.1. The number of hydrogen-bond acceptors (Lipinski definition) is 4. The molecule has 6 nitrogen and oxygen atoms in total. The quantitative estimate of drug-likeness (QED) is 0.364. The first-order chi connectivity index (χ1) is 14.4. The summed E-state index contributed by atoms with van der Waals surface area (Å²) in [6.07, 6.45) is 6.42. The second-order valence-corrected chi connectivity index (χ2v) is 6.85. The number of imidazole rings is 1. The van der Waals surface area contributed by atoms with E-state index < -0.39 is 17.8 Å². The maximum atomic E-state index is 14.1. The molecule has 0 radical (unpaired) electrons. The van der Waals surface area contributed by atoms with E-state index in [-0.39, 0.29) is 40.8 Å². The van der Waals surface area contributed by atoms with Gasteiger partial charge in [0, 0.05) is 30.6 Å². The molecular formula is C21H21F3N6Na-.